The van der Waals surface area contributed by atoms with E-state index in [0.717, 1.165) is 33.3 Å². The number of methoxy groups -OCH3 is 1. The summed E-state index contributed by atoms with van der Waals surface area (Å²) in [6.45, 7) is 0. The van der Waals surface area contributed by atoms with E-state index in [2.05, 4.69) is 44.4 Å². The van der Waals surface area contributed by atoms with Gasteiger partial charge in [0.2, 0.25) is 0 Å². The summed E-state index contributed by atoms with van der Waals surface area (Å²) in [5, 5.41) is 7.50. The Balaban J connectivity index is 1.84. The van der Waals surface area contributed by atoms with E-state index in [1.807, 2.05) is 48.5 Å². The summed E-state index contributed by atoms with van der Waals surface area (Å²) in [5.74, 6) is 1.07. The second kappa shape index (κ2) is 6.83. The molecule has 0 aliphatic heterocycles. The van der Waals surface area contributed by atoms with Gasteiger partial charge in [0.15, 0.2) is 5.82 Å². The number of hydrogen-bond acceptors (Lipinski definition) is 3. The van der Waals surface area contributed by atoms with Gasteiger partial charge in [0.25, 0.3) is 0 Å². The summed E-state index contributed by atoms with van der Waals surface area (Å²) in [4.78, 5) is 17.8. The molecular weight excluding hydrogens is 364 g/mol. The highest BCUT2D eigenvalue weighted by atomic mass is 16.5. The first-order valence-corrected chi connectivity index (χ1v) is 9.24. The SMILES string of the molecule is COc1cc2c(-c3ccccc3)c(-c3ccccc3)[nH]c2cc1-c1n[nH]c(=O)[nH]1. The zero-order chi connectivity index (χ0) is 19.8. The molecule has 0 saturated carbocycles. The molecule has 3 N–H and O–H groups in total. The highest BCUT2D eigenvalue weighted by Crippen LogP contribution is 2.42. The van der Waals surface area contributed by atoms with Gasteiger partial charge in [0, 0.05) is 16.5 Å². The first-order chi connectivity index (χ1) is 14.2. The van der Waals surface area contributed by atoms with Crippen LogP contribution in [0, 0.1) is 0 Å². The minimum atomic E-state index is -0.358. The minimum Gasteiger partial charge on any atom is -0.496 e. The van der Waals surface area contributed by atoms with Crippen LogP contribution < -0.4 is 10.4 Å². The van der Waals surface area contributed by atoms with Crippen molar-refractivity contribution in [3.8, 4) is 39.5 Å². The molecule has 2 heterocycles. The predicted octanol–water partition coefficient (Wildman–Crippen LogP) is 4.59. The molecule has 0 aliphatic carbocycles. The molecule has 5 aromatic rings. The molecule has 0 bridgehead atoms. The van der Waals surface area contributed by atoms with Crippen LogP contribution in [-0.2, 0) is 0 Å². The Labute approximate surface area is 166 Å². The van der Waals surface area contributed by atoms with Gasteiger partial charge >= 0.3 is 5.69 Å². The van der Waals surface area contributed by atoms with E-state index in [-0.39, 0.29) is 5.69 Å². The average Bonchev–Trinajstić information content (AvgIpc) is 3.37. The van der Waals surface area contributed by atoms with E-state index in [0.29, 0.717) is 17.1 Å². The predicted molar refractivity (Wildman–Crippen MR) is 114 cm³/mol. The molecular formula is C23H18N4O2. The second-order valence-corrected chi connectivity index (χ2v) is 6.73. The Kier molecular flexibility index (Phi) is 4.02. The van der Waals surface area contributed by atoms with Crippen LogP contribution in [0.3, 0.4) is 0 Å². The maximum Gasteiger partial charge on any atom is 0.340 e. The molecule has 3 aromatic carbocycles. The summed E-state index contributed by atoms with van der Waals surface area (Å²) >= 11 is 0. The van der Waals surface area contributed by atoms with Crippen LogP contribution in [0.15, 0.2) is 77.6 Å². The molecule has 29 heavy (non-hydrogen) atoms. The number of rotatable bonds is 4. The van der Waals surface area contributed by atoms with Gasteiger partial charge < -0.3 is 9.72 Å². The zero-order valence-corrected chi connectivity index (χ0v) is 15.7. The van der Waals surface area contributed by atoms with Crippen molar-refractivity contribution < 1.29 is 4.74 Å². The molecule has 2 aromatic heterocycles. The monoisotopic (exact) mass is 382 g/mol. The first-order valence-electron chi connectivity index (χ1n) is 9.24. The van der Waals surface area contributed by atoms with E-state index in [4.69, 9.17) is 4.74 Å². The Morgan fingerprint density at radius 1 is 0.862 bits per heavy atom. The van der Waals surface area contributed by atoms with Crippen molar-refractivity contribution in [1.29, 1.82) is 0 Å². The maximum absolute atomic E-state index is 11.5. The molecule has 0 radical (unpaired) electrons. The lowest BCUT2D eigenvalue weighted by Crippen LogP contribution is -2.00. The molecule has 0 fully saturated rings. The standard InChI is InChI=1S/C23H18N4O2/c1-29-19-13-16-18(12-17(19)22-25-23(28)27-26-22)24-21(15-10-6-3-7-11-15)20(16)14-8-4-2-5-9-14/h2-13,24H,1H3,(H2,25,26,27,28). The summed E-state index contributed by atoms with van der Waals surface area (Å²) in [7, 11) is 1.61. The number of H-pyrrole nitrogens is 3. The van der Waals surface area contributed by atoms with E-state index in [1.54, 1.807) is 7.11 Å². The van der Waals surface area contributed by atoms with E-state index in [1.165, 1.54) is 0 Å². The fraction of sp³-hybridized carbons (Fsp3) is 0.0435. The molecule has 0 atom stereocenters. The summed E-state index contributed by atoms with van der Waals surface area (Å²) in [6, 6.07) is 24.4. The van der Waals surface area contributed by atoms with E-state index < -0.39 is 0 Å². The number of fused-ring (bicyclic) bond motifs is 1. The van der Waals surface area contributed by atoms with Gasteiger partial charge in [-0.05, 0) is 23.3 Å². The lowest BCUT2D eigenvalue weighted by atomic mass is 9.97. The maximum atomic E-state index is 11.5. The molecule has 6 heteroatoms. The van der Waals surface area contributed by atoms with Crippen LogP contribution in [-0.4, -0.2) is 27.3 Å². The van der Waals surface area contributed by atoms with E-state index >= 15 is 0 Å². The van der Waals surface area contributed by atoms with Crippen LogP contribution in [0.1, 0.15) is 0 Å². The van der Waals surface area contributed by atoms with Crippen molar-refractivity contribution in [2.75, 3.05) is 7.11 Å². The molecule has 0 aliphatic rings. The summed E-state index contributed by atoms with van der Waals surface area (Å²) < 4.78 is 5.63. The molecule has 5 rings (SSSR count). The van der Waals surface area contributed by atoms with Crippen molar-refractivity contribution in [3.63, 3.8) is 0 Å². The molecule has 0 saturated heterocycles. The van der Waals surface area contributed by atoms with Crippen LogP contribution in [0.4, 0.5) is 0 Å². The highest BCUT2D eigenvalue weighted by Gasteiger charge is 2.19. The van der Waals surface area contributed by atoms with Gasteiger partial charge in [-0.25, -0.2) is 9.89 Å². The third kappa shape index (κ3) is 2.91. The number of benzene rings is 3. The number of hydrogen-bond donors (Lipinski definition) is 3. The second-order valence-electron chi connectivity index (χ2n) is 6.73. The number of nitrogens with one attached hydrogen (secondary N) is 3. The summed E-state index contributed by atoms with van der Waals surface area (Å²) in [5.41, 5.74) is 5.62. The van der Waals surface area contributed by atoms with Crippen molar-refractivity contribution in [1.82, 2.24) is 20.2 Å². The first kappa shape index (κ1) is 17.1. The smallest absolute Gasteiger partial charge is 0.340 e. The Morgan fingerprint density at radius 3 is 2.17 bits per heavy atom. The quantitative estimate of drug-likeness (QED) is 0.425. The molecule has 142 valence electrons. The Bertz CT molecular complexity index is 1350. The number of ether oxygens (including phenoxy) is 1. The molecule has 0 unspecified atom stereocenters. The third-order valence-electron chi connectivity index (χ3n) is 5.00. The molecule has 6 nitrogen and oxygen atoms in total. The fourth-order valence-electron chi connectivity index (χ4n) is 3.70. The zero-order valence-electron chi connectivity index (χ0n) is 15.7. The lowest BCUT2D eigenvalue weighted by Gasteiger charge is -2.08. The third-order valence-corrected chi connectivity index (χ3v) is 5.00. The van der Waals surface area contributed by atoms with Gasteiger partial charge in [-0.15, -0.1) is 0 Å². The van der Waals surface area contributed by atoms with Gasteiger partial charge in [0.1, 0.15) is 5.75 Å². The van der Waals surface area contributed by atoms with E-state index in [9.17, 15) is 4.79 Å². The molecule has 0 amide bonds. The lowest BCUT2D eigenvalue weighted by molar-refractivity contribution is 0.417. The van der Waals surface area contributed by atoms with Gasteiger partial charge in [-0.3, -0.25) is 4.98 Å². The Morgan fingerprint density at radius 2 is 1.55 bits per heavy atom. The van der Waals surface area contributed by atoms with Crippen molar-refractivity contribution >= 4 is 10.9 Å². The van der Waals surface area contributed by atoms with Crippen molar-refractivity contribution in [2.45, 2.75) is 0 Å². The molecule has 0 spiro atoms. The van der Waals surface area contributed by atoms with Crippen LogP contribution >= 0.6 is 0 Å². The fourth-order valence-corrected chi connectivity index (χ4v) is 3.70. The van der Waals surface area contributed by atoms with Gasteiger partial charge in [0.05, 0.1) is 18.4 Å². The minimum absolute atomic E-state index is 0.358. The normalized spacial score (nSPS) is 11.1. The van der Waals surface area contributed by atoms with Gasteiger partial charge in [-0.2, -0.15) is 5.10 Å². The van der Waals surface area contributed by atoms with Crippen LogP contribution in [0.25, 0.3) is 44.7 Å². The Hall–Kier alpha value is -4.06. The summed E-state index contributed by atoms with van der Waals surface area (Å²) in [6.07, 6.45) is 0. The number of aromatic amines is 3. The highest BCUT2D eigenvalue weighted by molar-refractivity contribution is 6.05. The van der Waals surface area contributed by atoms with Crippen molar-refractivity contribution in [2.24, 2.45) is 0 Å². The number of nitrogens with zero attached hydrogens (tertiary/aromatic N) is 1. The average molecular weight is 382 g/mol. The largest absolute Gasteiger partial charge is 0.496 e. The van der Waals surface area contributed by atoms with Crippen LogP contribution in [0.2, 0.25) is 0 Å². The number of aromatic nitrogens is 4. The van der Waals surface area contributed by atoms with Gasteiger partial charge in [-0.1, -0.05) is 60.7 Å². The van der Waals surface area contributed by atoms with Crippen molar-refractivity contribution in [3.05, 3.63) is 83.3 Å². The topological polar surface area (TPSA) is 86.6 Å². The van der Waals surface area contributed by atoms with Crippen LogP contribution in [0.5, 0.6) is 5.75 Å².